The molecule has 0 atom stereocenters. The molecular formula is C17H23ClN2O3. The van der Waals surface area contributed by atoms with Crippen LogP contribution >= 0.6 is 11.6 Å². The zero-order valence-electron chi connectivity index (χ0n) is 13.4. The Hall–Kier alpha value is -1.59. The highest BCUT2D eigenvalue weighted by Crippen LogP contribution is 2.17. The van der Waals surface area contributed by atoms with Crippen molar-refractivity contribution in [1.29, 1.82) is 0 Å². The van der Waals surface area contributed by atoms with E-state index in [9.17, 15) is 9.59 Å². The van der Waals surface area contributed by atoms with Gasteiger partial charge in [0, 0.05) is 50.7 Å². The van der Waals surface area contributed by atoms with Gasteiger partial charge in [-0.05, 0) is 24.5 Å². The average molecular weight is 339 g/mol. The summed E-state index contributed by atoms with van der Waals surface area (Å²) in [4.78, 5) is 25.5. The van der Waals surface area contributed by atoms with Gasteiger partial charge in [-0.1, -0.05) is 29.8 Å². The van der Waals surface area contributed by atoms with Crippen molar-refractivity contribution < 1.29 is 14.3 Å². The van der Waals surface area contributed by atoms with Crippen molar-refractivity contribution in [2.75, 3.05) is 26.3 Å². The molecule has 1 aliphatic rings. The van der Waals surface area contributed by atoms with E-state index in [0.29, 0.717) is 37.9 Å². The molecule has 23 heavy (non-hydrogen) atoms. The molecule has 2 amide bonds. The van der Waals surface area contributed by atoms with Gasteiger partial charge >= 0.3 is 0 Å². The lowest BCUT2D eigenvalue weighted by atomic mass is 9.99. The number of benzene rings is 1. The van der Waals surface area contributed by atoms with Gasteiger partial charge < -0.3 is 15.0 Å². The van der Waals surface area contributed by atoms with E-state index in [1.807, 2.05) is 24.3 Å². The van der Waals surface area contributed by atoms with Crippen molar-refractivity contribution in [3.8, 4) is 0 Å². The highest BCUT2D eigenvalue weighted by molar-refractivity contribution is 6.31. The normalized spacial score (nSPS) is 15.2. The highest BCUT2D eigenvalue weighted by atomic mass is 35.5. The van der Waals surface area contributed by atoms with Gasteiger partial charge in [-0.15, -0.1) is 0 Å². The maximum atomic E-state index is 12.1. The van der Waals surface area contributed by atoms with E-state index in [2.05, 4.69) is 5.32 Å². The topological polar surface area (TPSA) is 58.6 Å². The third kappa shape index (κ3) is 5.52. The minimum Gasteiger partial charge on any atom is -0.381 e. The van der Waals surface area contributed by atoms with E-state index in [1.165, 1.54) is 6.92 Å². The third-order valence-corrected chi connectivity index (χ3v) is 4.41. The Morgan fingerprint density at radius 1 is 1.30 bits per heavy atom. The standard InChI is InChI=1S/C17H23ClN2O3/c1-13(21)20(12-15-4-2-3-5-16(15)18)9-8-19-17(22)14-6-10-23-11-7-14/h2-5,14H,6-12H2,1H3,(H,19,22). The number of halogens is 1. The van der Waals surface area contributed by atoms with Crippen LogP contribution in [0.3, 0.4) is 0 Å². The third-order valence-electron chi connectivity index (χ3n) is 4.04. The average Bonchev–Trinajstić information content (AvgIpc) is 2.56. The summed E-state index contributed by atoms with van der Waals surface area (Å²) in [6.45, 7) is 4.17. The summed E-state index contributed by atoms with van der Waals surface area (Å²) >= 11 is 6.14. The van der Waals surface area contributed by atoms with Gasteiger partial charge in [0.2, 0.25) is 11.8 Å². The summed E-state index contributed by atoms with van der Waals surface area (Å²) in [6.07, 6.45) is 1.53. The zero-order chi connectivity index (χ0) is 16.7. The van der Waals surface area contributed by atoms with E-state index >= 15 is 0 Å². The lowest BCUT2D eigenvalue weighted by molar-refractivity contribution is -0.131. The molecule has 1 fully saturated rings. The Morgan fingerprint density at radius 2 is 2.00 bits per heavy atom. The van der Waals surface area contributed by atoms with Crippen molar-refractivity contribution in [2.24, 2.45) is 5.92 Å². The van der Waals surface area contributed by atoms with Crippen molar-refractivity contribution >= 4 is 23.4 Å². The minimum absolute atomic E-state index is 0.0260. The van der Waals surface area contributed by atoms with Gasteiger partial charge in [-0.3, -0.25) is 9.59 Å². The number of nitrogens with zero attached hydrogens (tertiary/aromatic N) is 1. The smallest absolute Gasteiger partial charge is 0.223 e. The maximum absolute atomic E-state index is 12.1. The fourth-order valence-corrected chi connectivity index (χ4v) is 2.79. The fraction of sp³-hybridized carbons (Fsp3) is 0.529. The zero-order valence-corrected chi connectivity index (χ0v) is 14.1. The van der Waals surface area contributed by atoms with Crippen LogP contribution in [0, 0.1) is 5.92 Å². The molecule has 1 aromatic carbocycles. The molecule has 0 radical (unpaired) electrons. The van der Waals surface area contributed by atoms with E-state index in [0.717, 1.165) is 18.4 Å². The first-order valence-electron chi connectivity index (χ1n) is 7.92. The first-order chi connectivity index (χ1) is 11.1. The summed E-state index contributed by atoms with van der Waals surface area (Å²) in [7, 11) is 0. The number of amides is 2. The van der Waals surface area contributed by atoms with Crippen LogP contribution in [0.25, 0.3) is 0 Å². The molecule has 5 nitrogen and oxygen atoms in total. The van der Waals surface area contributed by atoms with Crippen LogP contribution in [0.2, 0.25) is 5.02 Å². The first kappa shape index (κ1) is 17.8. The molecular weight excluding hydrogens is 316 g/mol. The van der Waals surface area contributed by atoms with Gasteiger partial charge in [0.25, 0.3) is 0 Å². The Labute approximate surface area is 141 Å². The van der Waals surface area contributed by atoms with Crippen LogP contribution in [0.5, 0.6) is 0 Å². The predicted molar refractivity (Wildman–Crippen MR) is 89.1 cm³/mol. The SMILES string of the molecule is CC(=O)N(CCNC(=O)C1CCOCC1)Cc1ccccc1Cl. The van der Waals surface area contributed by atoms with Gasteiger partial charge in [0.05, 0.1) is 0 Å². The van der Waals surface area contributed by atoms with E-state index in [4.69, 9.17) is 16.3 Å². The summed E-state index contributed by atoms with van der Waals surface area (Å²) < 4.78 is 5.26. The van der Waals surface area contributed by atoms with Crippen LogP contribution < -0.4 is 5.32 Å². The molecule has 0 saturated carbocycles. The molecule has 2 rings (SSSR count). The molecule has 0 bridgehead atoms. The molecule has 1 heterocycles. The summed E-state index contributed by atoms with van der Waals surface area (Å²) in [5.74, 6) is 0.0397. The lowest BCUT2D eigenvalue weighted by Gasteiger charge is -2.24. The molecule has 1 N–H and O–H groups in total. The highest BCUT2D eigenvalue weighted by Gasteiger charge is 2.21. The Kier molecular flexibility index (Phi) is 6.86. The largest absolute Gasteiger partial charge is 0.381 e. The Bertz CT molecular complexity index is 544. The molecule has 6 heteroatoms. The van der Waals surface area contributed by atoms with Crippen molar-refractivity contribution in [3.63, 3.8) is 0 Å². The van der Waals surface area contributed by atoms with Crippen molar-refractivity contribution in [1.82, 2.24) is 10.2 Å². The second-order valence-electron chi connectivity index (χ2n) is 5.71. The molecule has 126 valence electrons. The van der Waals surface area contributed by atoms with Crippen LogP contribution in [0.15, 0.2) is 24.3 Å². The van der Waals surface area contributed by atoms with Crippen LogP contribution in [-0.2, 0) is 20.9 Å². The minimum atomic E-state index is -0.0368. The van der Waals surface area contributed by atoms with Crippen molar-refractivity contribution in [2.45, 2.75) is 26.3 Å². The molecule has 0 unspecified atom stereocenters. The molecule has 1 aromatic rings. The van der Waals surface area contributed by atoms with Crippen LogP contribution in [0.4, 0.5) is 0 Å². The second kappa shape index (κ2) is 8.89. The summed E-state index contributed by atoms with van der Waals surface area (Å²) in [5.41, 5.74) is 0.903. The number of hydrogen-bond donors (Lipinski definition) is 1. The van der Waals surface area contributed by atoms with Crippen molar-refractivity contribution in [3.05, 3.63) is 34.9 Å². The molecule has 0 aromatic heterocycles. The number of ether oxygens (including phenoxy) is 1. The second-order valence-corrected chi connectivity index (χ2v) is 6.12. The summed E-state index contributed by atoms with van der Waals surface area (Å²) in [5, 5.41) is 3.56. The number of carbonyl (C=O) groups is 2. The van der Waals surface area contributed by atoms with Crippen LogP contribution in [-0.4, -0.2) is 43.0 Å². The number of rotatable bonds is 6. The maximum Gasteiger partial charge on any atom is 0.223 e. The number of nitrogens with one attached hydrogen (secondary N) is 1. The quantitative estimate of drug-likeness (QED) is 0.865. The fourth-order valence-electron chi connectivity index (χ4n) is 2.60. The van der Waals surface area contributed by atoms with Gasteiger partial charge in [0.15, 0.2) is 0 Å². The molecule has 1 saturated heterocycles. The summed E-state index contributed by atoms with van der Waals surface area (Å²) in [6, 6.07) is 7.46. The van der Waals surface area contributed by atoms with E-state index in [-0.39, 0.29) is 17.7 Å². The lowest BCUT2D eigenvalue weighted by Crippen LogP contribution is -2.40. The Morgan fingerprint density at radius 3 is 2.65 bits per heavy atom. The monoisotopic (exact) mass is 338 g/mol. The van der Waals surface area contributed by atoms with Gasteiger partial charge in [0.1, 0.15) is 0 Å². The molecule has 1 aliphatic heterocycles. The van der Waals surface area contributed by atoms with Gasteiger partial charge in [-0.25, -0.2) is 0 Å². The molecule has 0 aliphatic carbocycles. The first-order valence-corrected chi connectivity index (χ1v) is 8.30. The number of carbonyl (C=O) groups excluding carboxylic acids is 2. The Balaban J connectivity index is 1.82. The number of hydrogen-bond acceptors (Lipinski definition) is 3. The molecule has 0 spiro atoms. The van der Waals surface area contributed by atoms with Gasteiger partial charge in [-0.2, -0.15) is 0 Å². The van der Waals surface area contributed by atoms with Crippen LogP contribution in [0.1, 0.15) is 25.3 Å². The van der Waals surface area contributed by atoms with E-state index < -0.39 is 0 Å². The van der Waals surface area contributed by atoms with E-state index in [1.54, 1.807) is 4.90 Å². The predicted octanol–water partition coefficient (Wildman–Crippen LogP) is 2.23.